The second-order valence-electron chi connectivity index (χ2n) is 4.10. The average molecular weight is 264 g/mol. The number of halogens is 1. The van der Waals surface area contributed by atoms with Crippen molar-refractivity contribution in [1.82, 2.24) is 15.1 Å². The molecule has 0 unspecified atom stereocenters. The number of aromatic nitrogens is 2. The Labute approximate surface area is 111 Å². The summed E-state index contributed by atoms with van der Waals surface area (Å²) in [6.07, 6.45) is 0. The van der Waals surface area contributed by atoms with Crippen molar-refractivity contribution in [1.29, 1.82) is 0 Å². The Morgan fingerprint density at radius 2 is 2.06 bits per heavy atom. The smallest absolute Gasteiger partial charge is 0.269 e. The van der Waals surface area contributed by atoms with E-state index in [1.807, 2.05) is 19.1 Å². The first-order chi connectivity index (χ1) is 8.56. The molecule has 0 aliphatic carbocycles. The molecule has 0 saturated heterocycles. The van der Waals surface area contributed by atoms with Crippen molar-refractivity contribution < 1.29 is 4.79 Å². The number of amides is 1. The molecule has 1 aromatic heterocycles. The van der Waals surface area contributed by atoms with Crippen LogP contribution in [0.25, 0.3) is 0 Å². The van der Waals surface area contributed by atoms with Gasteiger partial charge in [-0.05, 0) is 30.7 Å². The van der Waals surface area contributed by atoms with Gasteiger partial charge in [0.1, 0.15) is 5.69 Å². The zero-order valence-corrected chi connectivity index (χ0v) is 11.0. The lowest BCUT2D eigenvalue weighted by Crippen LogP contribution is -2.25. The normalized spacial score (nSPS) is 10.4. The Hall–Kier alpha value is -1.81. The fraction of sp³-hybridized carbons (Fsp3) is 0.231. The van der Waals surface area contributed by atoms with Crippen LogP contribution < -0.4 is 5.32 Å². The number of hydrogen-bond donors (Lipinski definition) is 1. The molecule has 0 fully saturated rings. The Kier molecular flexibility index (Phi) is 3.67. The van der Waals surface area contributed by atoms with Crippen LogP contribution in [-0.4, -0.2) is 15.7 Å². The maximum absolute atomic E-state index is 11.9. The minimum atomic E-state index is -0.131. The largest absolute Gasteiger partial charge is 0.347 e. The summed E-state index contributed by atoms with van der Waals surface area (Å²) in [7, 11) is 1.75. The molecule has 1 aromatic carbocycles. The summed E-state index contributed by atoms with van der Waals surface area (Å²) in [5.74, 6) is -0.131. The van der Waals surface area contributed by atoms with Crippen molar-refractivity contribution in [2.24, 2.45) is 7.05 Å². The van der Waals surface area contributed by atoms with E-state index in [1.54, 1.807) is 29.9 Å². The van der Waals surface area contributed by atoms with Crippen LogP contribution in [-0.2, 0) is 13.6 Å². The summed E-state index contributed by atoms with van der Waals surface area (Å²) in [4.78, 5) is 11.9. The van der Waals surface area contributed by atoms with Crippen molar-refractivity contribution in [3.05, 3.63) is 52.3 Å². The van der Waals surface area contributed by atoms with E-state index in [0.29, 0.717) is 17.3 Å². The number of carbonyl (C=O) groups excluding carboxylic acids is 1. The summed E-state index contributed by atoms with van der Waals surface area (Å²) in [6, 6.07) is 9.14. The second kappa shape index (κ2) is 5.23. The van der Waals surface area contributed by atoms with Gasteiger partial charge in [-0.3, -0.25) is 9.48 Å². The minimum Gasteiger partial charge on any atom is -0.347 e. The Morgan fingerprint density at radius 3 is 2.61 bits per heavy atom. The Morgan fingerprint density at radius 1 is 1.39 bits per heavy atom. The topological polar surface area (TPSA) is 46.9 Å². The fourth-order valence-electron chi connectivity index (χ4n) is 1.70. The fourth-order valence-corrected chi connectivity index (χ4v) is 1.82. The van der Waals surface area contributed by atoms with Gasteiger partial charge in [0.05, 0.1) is 5.69 Å². The van der Waals surface area contributed by atoms with E-state index in [4.69, 9.17) is 11.6 Å². The standard InChI is InChI=1S/C13H14ClN3O/c1-9-7-12(17(2)16-9)13(18)15-8-10-3-5-11(14)6-4-10/h3-7H,8H2,1-2H3,(H,15,18). The quantitative estimate of drug-likeness (QED) is 0.924. The number of carbonyl (C=O) groups is 1. The van der Waals surface area contributed by atoms with Crippen LogP contribution >= 0.6 is 11.6 Å². The van der Waals surface area contributed by atoms with E-state index in [9.17, 15) is 4.79 Å². The van der Waals surface area contributed by atoms with Crippen molar-refractivity contribution in [3.63, 3.8) is 0 Å². The van der Waals surface area contributed by atoms with Crippen LogP contribution in [0.1, 0.15) is 21.7 Å². The number of hydrogen-bond acceptors (Lipinski definition) is 2. The minimum absolute atomic E-state index is 0.131. The summed E-state index contributed by atoms with van der Waals surface area (Å²) < 4.78 is 1.58. The SMILES string of the molecule is Cc1cc(C(=O)NCc2ccc(Cl)cc2)n(C)n1. The summed E-state index contributed by atoms with van der Waals surface area (Å²) in [5, 5.41) is 7.67. The molecule has 5 heteroatoms. The summed E-state index contributed by atoms with van der Waals surface area (Å²) >= 11 is 5.79. The highest BCUT2D eigenvalue weighted by atomic mass is 35.5. The molecule has 2 rings (SSSR count). The molecule has 0 spiro atoms. The molecule has 0 aliphatic rings. The molecule has 2 aromatic rings. The number of rotatable bonds is 3. The third kappa shape index (κ3) is 2.90. The first-order valence-electron chi connectivity index (χ1n) is 5.59. The van der Waals surface area contributed by atoms with Crippen LogP contribution in [0.4, 0.5) is 0 Å². The second-order valence-corrected chi connectivity index (χ2v) is 4.54. The Bertz CT molecular complexity index is 560. The number of aryl methyl sites for hydroxylation is 2. The van der Waals surface area contributed by atoms with Crippen LogP contribution in [0, 0.1) is 6.92 Å². The molecular formula is C13H14ClN3O. The molecular weight excluding hydrogens is 250 g/mol. The van der Waals surface area contributed by atoms with Gasteiger partial charge >= 0.3 is 0 Å². The lowest BCUT2D eigenvalue weighted by Gasteiger charge is -2.05. The highest BCUT2D eigenvalue weighted by Gasteiger charge is 2.10. The highest BCUT2D eigenvalue weighted by molar-refractivity contribution is 6.30. The maximum atomic E-state index is 11.9. The van der Waals surface area contributed by atoms with Gasteiger partial charge in [-0.1, -0.05) is 23.7 Å². The predicted molar refractivity (Wildman–Crippen MR) is 70.6 cm³/mol. The molecule has 0 bridgehead atoms. The van der Waals surface area contributed by atoms with Crippen molar-refractivity contribution >= 4 is 17.5 Å². The van der Waals surface area contributed by atoms with Crippen molar-refractivity contribution in [2.45, 2.75) is 13.5 Å². The van der Waals surface area contributed by atoms with E-state index >= 15 is 0 Å². The van der Waals surface area contributed by atoms with E-state index in [0.717, 1.165) is 11.3 Å². The van der Waals surface area contributed by atoms with Crippen molar-refractivity contribution in [3.8, 4) is 0 Å². The molecule has 0 aliphatic heterocycles. The monoisotopic (exact) mass is 263 g/mol. The first-order valence-corrected chi connectivity index (χ1v) is 5.97. The molecule has 18 heavy (non-hydrogen) atoms. The third-order valence-corrected chi connectivity index (χ3v) is 2.85. The molecule has 1 heterocycles. The van der Waals surface area contributed by atoms with E-state index in [-0.39, 0.29) is 5.91 Å². The molecule has 4 nitrogen and oxygen atoms in total. The number of nitrogens with one attached hydrogen (secondary N) is 1. The maximum Gasteiger partial charge on any atom is 0.269 e. The number of benzene rings is 1. The zero-order chi connectivity index (χ0) is 13.1. The average Bonchev–Trinajstić information content (AvgIpc) is 2.67. The Balaban J connectivity index is 2.00. The lowest BCUT2D eigenvalue weighted by molar-refractivity contribution is 0.0941. The van der Waals surface area contributed by atoms with Crippen LogP contribution in [0.2, 0.25) is 5.02 Å². The molecule has 94 valence electrons. The van der Waals surface area contributed by atoms with Crippen LogP contribution in [0.3, 0.4) is 0 Å². The van der Waals surface area contributed by atoms with Gasteiger partial charge in [0.25, 0.3) is 5.91 Å². The summed E-state index contributed by atoms with van der Waals surface area (Å²) in [6.45, 7) is 2.33. The summed E-state index contributed by atoms with van der Waals surface area (Å²) in [5.41, 5.74) is 2.39. The van der Waals surface area contributed by atoms with Gasteiger partial charge in [0.2, 0.25) is 0 Å². The molecule has 0 atom stereocenters. The first kappa shape index (κ1) is 12.6. The molecule has 1 amide bonds. The molecule has 0 radical (unpaired) electrons. The van der Waals surface area contributed by atoms with Gasteiger partial charge in [0, 0.05) is 18.6 Å². The lowest BCUT2D eigenvalue weighted by atomic mass is 10.2. The van der Waals surface area contributed by atoms with Gasteiger partial charge in [-0.2, -0.15) is 5.10 Å². The predicted octanol–water partition coefficient (Wildman–Crippen LogP) is 2.31. The highest BCUT2D eigenvalue weighted by Crippen LogP contribution is 2.09. The van der Waals surface area contributed by atoms with Crippen LogP contribution in [0.5, 0.6) is 0 Å². The van der Waals surface area contributed by atoms with Gasteiger partial charge < -0.3 is 5.32 Å². The van der Waals surface area contributed by atoms with E-state index in [1.165, 1.54) is 0 Å². The molecule has 1 N–H and O–H groups in total. The van der Waals surface area contributed by atoms with E-state index in [2.05, 4.69) is 10.4 Å². The van der Waals surface area contributed by atoms with E-state index < -0.39 is 0 Å². The third-order valence-electron chi connectivity index (χ3n) is 2.60. The van der Waals surface area contributed by atoms with Crippen LogP contribution in [0.15, 0.2) is 30.3 Å². The van der Waals surface area contributed by atoms with Crippen molar-refractivity contribution in [2.75, 3.05) is 0 Å². The zero-order valence-electron chi connectivity index (χ0n) is 10.3. The van der Waals surface area contributed by atoms with Gasteiger partial charge in [0.15, 0.2) is 0 Å². The van der Waals surface area contributed by atoms with Gasteiger partial charge in [-0.25, -0.2) is 0 Å². The molecule has 0 saturated carbocycles. The number of nitrogens with zero attached hydrogens (tertiary/aromatic N) is 2. The van der Waals surface area contributed by atoms with Gasteiger partial charge in [-0.15, -0.1) is 0 Å².